The molecular formula is C19H26F2N2O5. The fraction of sp³-hybridized carbons (Fsp3) is 0.579. The molecule has 0 aliphatic carbocycles. The zero-order valence-corrected chi connectivity index (χ0v) is 16.4. The number of piperazine rings is 1. The van der Waals surface area contributed by atoms with E-state index in [0.717, 1.165) is 0 Å². The van der Waals surface area contributed by atoms with Gasteiger partial charge >= 0.3 is 12.1 Å². The van der Waals surface area contributed by atoms with Gasteiger partial charge in [0.2, 0.25) is 0 Å². The lowest BCUT2D eigenvalue weighted by atomic mass is 10.00. The molecule has 0 spiro atoms. The van der Waals surface area contributed by atoms with Crippen LogP contribution in [0, 0.1) is 0 Å². The molecule has 0 radical (unpaired) electrons. The second-order valence-corrected chi connectivity index (χ2v) is 7.61. The second-order valence-electron chi connectivity index (χ2n) is 7.61. The number of nitrogens with zero attached hydrogens (tertiary/aromatic N) is 2. The molecule has 1 aromatic carbocycles. The Morgan fingerprint density at radius 2 is 1.96 bits per heavy atom. The molecule has 2 rings (SSSR count). The monoisotopic (exact) mass is 400 g/mol. The smallest absolute Gasteiger partial charge is 0.410 e. The third-order valence-electron chi connectivity index (χ3n) is 4.30. The number of methoxy groups -OCH3 is 1. The van der Waals surface area contributed by atoms with Crippen LogP contribution in [0.4, 0.5) is 13.6 Å². The molecule has 0 bridgehead atoms. The number of phenolic OH excluding ortho intramolecular Hbond substituents is 1. The van der Waals surface area contributed by atoms with Gasteiger partial charge in [0.15, 0.2) is 0 Å². The Hall–Kier alpha value is -2.42. The van der Waals surface area contributed by atoms with Gasteiger partial charge in [-0.3, -0.25) is 9.80 Å². The lowest BCUT2D eigenvalue weighted by molar-refractivity contribution is -0.0104. The van der Waals surface area contributed by atoms with Gasteiger partial charge in [0.25, 0.3) is 6.43 Å². The number of carbonyl (C=O) groups is 2. The van der Waals surface area contributed by atoms with Crippen LogP contribution < -0.4 is 0 Å². The average Bonchev–Trinajstić information content (AvgIpc) is 2.58. The van der Waals surface area contributed by atoms with Crippen LogP contribution in [0.15, 0.2) is 18.2 Å². The number of phenols is 1. The molecule has 1 fully saturated rings. The van der Waals surface area contributed by atoms with Gasteiger partial charge in [-0.25, -0.2) is 18.4 Å². The number of amides is 1. The molecular weight excluding hydrogens is 374 g/mol. The SMILES string of the molecule is COC(=O)c1ccc(C2CN(CC(F)F)CCN2C(=O)OC(C)(C)C)cc1O. The van der Waals surface area contributed by atoms with Crippen LogP contribution in [-0.2, 0) is 9.47 Å². The van der Waals surface area contributed by atoms with Crippen molar-refractivity contribution in [1.29, 1.82) is 0 Å². The van der Waals surface area contributed by atoms with E-state index in [9.17, 15) is 23.5 Å². The Morgan fingerprint density at radius 3 is 2.50 bits per heavy atom. The van der Waals surface area contributed by atoms with Gasteiger partial charge in [0, 0.05) is 19.6 Å². The fourth-order valence-corrected chi connectivity index (χ4v) is 3.06. The number of rotatable bonds is 4. The van der Waals surface area contributed by atoms with Crippen molar-refractivity contribution in [2.75, 3.05) is 33.3 Å². The summed E-state index contributed by atoms with van der Waals surface area (Å²) in [6.07, 6.45) is -3.06. The van der Waals surface area contributed by atoms with E-state index in [4.69, 9.17) is 4.74 Å². The summed E-state index contributed by atoms with van der Waals surface area (Å²) >= 11 is 0. The van der Waals surface area contributed by atoms with E-state index in [1.807, 2.05) is 0 Å². The molecule has 156 valence electrons. The minimum absolute atomic E-state index is 0.0182. The molecule has 0 saturated carbocycles. The topological polar surface area (TPSA) is 79.3 Å². The number of alkyl halides is 2. The first kappa shape index (κ1) is 21.9. The van der Waals surface area contributed by atoms with Crippen LogP contribution in [0.1, 0.15) is 42.7 Å². The summed E-state index contributed by atoms with van der Waals surface area (Å²) in [4.78, 5) is 27.3. The maximum Gasteiger partial charge on any atom is 0.410 e. The van der Waals surface area contributed by atoms with Crippen LogP contribution >= 0.6 is 0 Å². The van der Waals surface area contributed by atoms with E-state index in [2.05, 4.69) is 4.74 Å². The van der Waals surface area contributed by atoms with E-state index >= 15 is 0 Å². The van der Waals surface area contributed by atoms with Crippen molar-refractivity contribution in [3.8, 4) is 5.75 Å². The zero-order valence-electron chi connectivity index (χ0n) is 16.4. The van der Waals surface area contributed by atoms with Crippen LogP contribution in [-0.4, -0.2) is 72.3 Å². The normalized spacial score (nSPS) is 18.2. The van der Waals surface area contributed by atoms with Gasteiger partial charge in [0.05, 0.1) is 19.7 Å². The predicted octanol–water partition coefficient (Wildman–Crippen LogP) is 3.04. The Morgan fingerprint density at radius 1 is 1.29 bits per heavy atom. The van der Waals surface area contributed by atoms with E-state index in [1.54, 1.807) is 31.7 Å². The molecule has 0 aromatic heterocycles. The number of ether oxygens (including phenoxy) is 2. The highest BCUT2D eigenvalue weighted by molar-refractivity contribution is 5.92. The summed E-state index contributed by atoms with van der Waals surface area (Å²) in [6.45, 7) is 5.45. The third-order valence-corrected chi connectivity index (χ3v) is 4.30. The van der Waals surface area contributed by atoms with Gasteiger partial charge < -0.3 is 14.6 Å². The van der Waals surface area contributed by atoms with Crippen molar-refractivity contribution in [2.45, 2.75) is 38.8 Å². The Kier molecular flexibility index (Phi) is 6.82. The predicted molar refractivity (Wildman–Crippen MR) is 97.6 cm³/mol. The number of aromatic hydroxyl groups is 1. The number of benzene rings is 1. The molecule has 1 aliphatic heterocycles. The second kappa shape index (κ2) is 8.72. The average molecular weight is 400 g/mol. The highest BCUT2D eigenvalue weighted by Crippen LogP contribution is 2.31. The van der Waals surface area contributed by atoms with Gasteiger partial charge in [-0.2, -0.15) is 0 Å². The first-order chi connectivity index (χ1) is 13.0. The zero-order chi connectivity index (χ0) is 21.1. The van der Waals surface area contributed by atoms with E-state index in [0.29, 0.717) is 5.56 Å². The molecule has 28 heavy (non-hydrogen) atoms. The van der Waals surface area contributed by atoms with Crippen LogP contribution in [0.2, 0.25) is 0 Å². The molecule has 1 amide bonds. The van der Waals surface area contributed by atoms with Crippen LogP contribution in [0.25, 0.3) is 0 Å². The Balaban J connectivity index is 2.32. The lowest BCUT2D eigenvalue weighted by Crippen LogP contribution is -2.52. The summed E-state index contributed by atoms with van der Waals surface area (Å²) in [6, 6.07) is 3.69. The first-order valence-corrected chi connectivity index (χ1v) is 8.93. The van der Waals surface area contributed by atoms with Crippen molar-refractivity contribution < 1.29 is 33.0 Å². The van der Waals surface area contributed by atoms with Gasteiger partial charge in [0.1, 0.15) is 16.9 Å². The van der Waals surface area contributed by atoms with E-state index in [1.165, 1.54) is 24.1 Å². The molecule has 1 N–H and O–H groups in total. The quantitative estimate of drug-likeness (QED) is 0.783. The van der Waals surface area contributed by atoms with Gasteiger partial charge in [-0.15, -0.1) is 0 Å². The summed E-state index contributed by atoms with van der Waals surface area (Å²) in [5.41, 5.74) is -0.219. The van der Waals surface area contributed by atoms with Crippen molar-refractivity contribution in [1.82, 2.24) is 9.80 Å². The minimum atomic E-state index is -2.50. The minimum Gasteiger partial charge on any atom is -0.507 e. The Labute approximate surface area is 162 Å². The van der Waals surface area contributed by atoms with Gasteiger partial charge in [-0.1, -0.05) is 6.07 Å². The van der Waals surface area contributed by atoms with E-state index < -0.39 is 36.7 Å². The van der Waals surface area contributed by atoms with Crippen LogP contribution in [0.5, 0.6) is 5.75 Å². The van der Waals surface area contributed by atoms with E-state index in [-0.39, 0.29) is 30.9 Å². The molecule has 9 heteroatoms. The molecule has 1 aliphatic rings. The maximum atomic E-state index is 12.8. The van der Waals surface area contributed by atoms with Crippen molar-refractivity contribution in [3.63, 3.8) is 0 Å². The number of esters is 1. The molecule has 1 saturated heterocycles. The molecule has 1 heterocycles. The summed E-state index contributed by atoms with van der Waals surface area (Å²) in [5, 5.41) is 10.2. The summed E-state index contributed by atoms with van der Waals surface area (Å²) in [5.74, 6) is -1.00. The molecule has 1 atom stereocenters. The molecule has 1 unspecified atom stereocenters. The largest absolute Gasteiger partial charge is 0.507 e. The molecule has 7 nitrogen and oxygen atoms in total. The van der Waals surface area contributed by atoms with Crippen LogP contribution in [0.3, 0.4) is 0 Å². The number of hydrogen-bond donors (Lipinski definition) is 1. The molecule has 1 aromatic rings. The Bertz CT molecular complexity index is 721. The summed E-state index contributed by atoms with van der Waals surface area (Å²) in [7, 11) is 1.20. The third kappa shape index (κ3) is 5.54. The maximum absolute atomic E-state index is 12.8. The number of carbonyl (C=O) groups excluding carboxylic acids is 2. The first-order valence-electron chi connectivity index (χ1n) is 8.93. The van der Waals surface area contributed by atoms with Crippen molar-refractivity contribution in [3.05, 3.63) is 29.3 Å². The lowest BCUT2D eigenvalue weighted by Gasteiger charge is -2.41. The number of halogens is 2. The summed E-state index contributed by atoms with van der Waals surface area (Å²) < 4.78 is 35.7. The highest BCUT2D eigenvalue weighted by atomic mass is 19.3. The highest BCUT2D eigenvalue weighted by Gasteiger charge is 2.35. The van der Waals surface area contributed by atoms with Crippen molar-refractivity contribution in [2.24, 2.45) is 0 Å². The standard InChI is InChI=1S/C19H26F2N2O5/c1-19(2,3)28-18(26)23-8-7-22(11-16(20)21)10-14(23)12-5-6-13(15(24)9-12)17(25)27-4/h5-6,9,14,16,24H,7-8,10-11H2,1-4H3. The number of hydrogen-bond acceptors (Lipinski definition) is 6. The van der Waals surface area contributed by atoms with Crippen molar-refractivity contribution >= 4 is 12.1 Å². The fourth-order valence-electron chi connectivity index (χ4n) is 3.06. The van der Waals surface area contributed by atoms with Gasteiger partial charge in [-0.05, 0) is 38.5 Å².